The van der Waals surface area contributed by atoms with E-state index in [4.69, 9.17) is 11.6 Å². The fourth-order valence-corrected chi connectivity index (χ4v) is 3.49. The van der Waals surface area contributed by atoms with Crippen molar-refractivity contribution in [1.82, 2.24) is 10.3 Å². The van der Waals surface area contributed by atoms with E-state index in [2.05, 4.69) is 34.7 Å². The summed E-state index contributed by atoms with van der Waals surface area (Å²) in [6.07, 6.45) is 6.42. The Morgan fingerprint density at radius 1 is 1.37 bits per heavy atom. The first kappa shape index (κ1) is 19.7. The van der Waals surface area contributed by atoms with E-state index in [1.54, 1.807) is 0 Å². The summed E-state index contributed by atoms with van der Waals surface area (Å²) in [6, 6.07) is 10.4. The van der Waals surface area contributed by atoms with Crippen LogP contribution in [-0.2, 0) is 6.54 Å². The van der Waals surface area contributed by atoms with Gasteiger partial charge in [-0.15, -0.1) is 0 Å². The lowest BCUT2D eigenvalue weighted by molar-refractivity contribution is 0.526. The van der Waals surface area contributed by atoms with Gasteiger partial charge in [-0.3, -0.25) is 0 Å². The summed E-state index contributed by atoms with van der Waals surface area (Å²) in [4.78, 5) is 4.61. The van der Waals surface area contributed by atoms with Gasteiger partial charge in [-0.1, -0.05) is 31.0 Å². The van der Waals surface area contributed by atoms with Crippen molar-refractivity contribution in [2.45, 2.75) is 52.0 Å². The summed E-state index contributed by atoms with van der Waals surface area (Å²) in [7, 11) is 0. The van der Waals surface area contributed by atoms with Gasteiger partial charge in [0.05, 0.1) is 12.0 Å². The second-order valence-corrected chi connectivity index (χ2v) is 7.73. The van der Waals surface area contributed by atoms with Gasteiger partial charge < -0.3 is 10.6 Å². The first-order valence-corrected chi connectivity index (χ1v) is 10.1. The number of aromatic nitrogens is 1. The number of hydrogen-bond acceptors (Lipinski definition) is 4. The van der Waals surface area contributed by atoms with Crippen LogP contribution in [0.2, 0.25) is 5.02 Å². The van der Waals surface area contributed by atoms with Crippen LogP contribution in [0.3, 0.4) is 0 Å². The van der Waals surface area contributed by atoms with E-state index in [0.717, 1.165) is 48.0 Å². The highest BCUT2D eigenvalue weighted by Crippen LogP contribution is 2.42. The molecule has 0 radical (unpaired) electrons. The lowest BCUT2D eigenvalue weighted by Crippen LogP contribution is -2.22. The molecule has 1 heterocycles. The molecule has 1 fully saturated rings. The molecule has 1 aromatic heterocycles. The molecular formula is C22H27ClN4. The Labute approximate surface area is 167 Å². The zero-order valence-electron chi connectivity index (χ0n) is 16.1. The van der Waals surface area contributed by atoms with E-state index in [1.165, 1.54) is 24.0 Å². The van der Waals surface area contributed by atoms with Crippen LogP contribution in [0.1, 0.15) is 55.2 Å². The van der Waals surface area contributed by atoms with Crippen molar-refractivity contribution < 1.29 is 0 Å². The highest BCUT2D eigenvalue weighted by molar-refractivity contribution is 6.31. The molecular weight excluding hydrogens is 356 g/mol. The van der Waals surface area contributed by atoms with Gasteiger partial charge in [-0.05, 0) is 67.0 Å². The van der Waals surface area contributed by atoms with Crippen LogP contribution >= 0.6 is 11.6 Å². The zero-order valence-corrected chi connectivity index (χ0v) is 16.8. The molecule has 5 heteroatoms. The maximum absolute atomic E-state index is 9.21. The molecule has 1 atom stereocenters. The fourth-order valence-electron chi connectivity index (χ4n) is 3.31. The third-order valence-corrected chi connectivity index (χ3v) is 5.51. The maximum Gasteiger partial charge on any atom is 0.130 e. The lowest BCUT2D eigenvalue weighted by Gasteiger charge is -2.15. The van der Waals surface area contributed by atoms with E-state index < -0.39 is 0 Å². The van der Waals surface area contributed by atoms with Crippen molar-refractivity contribution in [2.75, 3.05) is 11.9 Å². The number of anilines is 2. The second-order valence-electron chi connectivity index (χ2n) is 7.33. The lowest BCUT2D eigenvalue weighted by atomic mass is 10.0. The van der Waals surface area contributed by atoms with Crippen LogP contribution in [0.5, 0.6) is 0 Å². The summed E-state index contributed by atoms with van der Waals surface area (Å²) in [5.74, 6) is 1.57. The van der Waals surface area contributed by atoms with Gasteiger partial charge >= 0.3 is 0 Å². The third kappa shape index (κ3) is 5.22. The molecule has 0 amide bonds. The highest BCUT2D eigenvalue weighted by Gasteiger charge is 2.26. The van der Waals surface area contributed by atoms with Gasteiger partial charge in [0.2, 0.25) is 0 Å². The number of benzene rings is 1. The molecule has 2 N–H and O–H groups in total. The number of rotatable bonds is 9. The summed E-state index contributed by atoms with van der Waals surface area (Å²) >= 11 is 6.22. The summed E-state index contributed by atoms with van der Waals surface area (Å²) in [5.41, 5.74) is 4.61. The quantitative estimate of drug-likeness (QED) is 0.584. The summed E-state index contributed by atoms with van der Waals surface area (Å²) in [6.45, 7) is 5.62. The smallest absolute Gasteiger partial charge is 0.130 e. The summed E-state index contributed by atoms with van der Waals surface area (Å²) in [5, 5.41) is 16.8. The molecule has 4 nitrogen and oxygen atoms in total. The molecule has 1 unspecified atom stereocenters. The number of halogens is 1. The zero-order chi connectivity index (χ0) is 19.2. The normalized spacial score (nSPS) is 14.6. The van der Waals surface area contributed by atoms with Gasteiger partial charge in [0.1, 0.15) is 5.82 Å². The van der Waals surface area contributed by atoms with Gasteiger partial charge in [0, 0.05) is 30.0 Å². The first-order chi connectivity index (χ1) is 13.1. The maximum atomic E-state index is 9.21. The van der Waals surface area contributed by atoms with E-state index in [-0.39, 0.29) is 5.92 Å². The van der Waals surface area contributed by atoms with E-state index in [9.17, 15) is 5.26 Å². The number of nitrogens with zero attached hydrogens (tertiary/aromatic N) is 2. The third-order valence-electron chi connectivity index (χ3n) is 5.10. The topological polar surface area (TPSA) is 60.7 Å². The van der Waals surface area contributed by atoms with Crippen molar-refractivity contribution in [3.05, 3.63) is 52.2 Å². The van der Waals surface area contributed by atoms with Crippen molar-refractivity contribution in [1.29, 1.82) is 5.26 Å². The number of nitrogens with one attached hydrogen (secondary N) is 2. The molecule has 2 aromatic rings. The second kappa shape index (κ2) is 9.21. The van der Waals surface area contributed by atoms with Crippen molar-refractivity contribution in [2.24, 2.45) is 5.92 Å². The van der Waals surface area contributed by atoms with Crippen molar-refractivity contribution in [3.63, 3.8) is 0 Å². The summed E-state index contributed by atoms with van der Waals surface area (Å²) < 4.78 is 0. The number of pyridine rings is 1. The van der Waals surface area contributed by atoms with E-state index >= 15 is 0 Å². The van der Waals surface area contributed by atoms with Crippen LogP contribution in [0.15, 0.2) is 30.5 Å². The minimum absolute atomic E-state index is 0.0825. The van der Waals surface area contributed by atoms with Gasteiger partial charge in [0.25, 0.3) is 0 Å². The molecule has 1 aromatic carbocycles. The molecule has 3 rings (SSSR count). The molecule has 0 spiro atoms. The Hall–Kier alpha value is -2.09. The standard InChI is InChI=1S/C22H27ClN4/c1-3-5-16(11-24)12-25-13-18-14-26-22(10-19(18)17-8-9-17)27-21-7-4-6-20(23)15(21)2/h4,6-7,10,14,16-17,25H,3,5,8-9,12-13H2,1-2H3,(H,26,27). The first-order valence-electron chi connectivity index (χ1n) is 9.73. The molecule has 1 aliphatic rings. The Bertz CT molecular complexity index is 824. The molecule has 1 aliphatic carbocycles. The number of hydrogen-bond donors (Lipinski definition) is 2. The van der Waals surface area contributed by atoms with Gasteiger partial charge in [-0.25, -0.2) is 4.98 Å². The average Bonchev–Trinajstić information content (AvgIpc) is 3.51. The highest BCUT2D eigenvalue weighted by atomic mass is 35.5. The Morgan fingerprint density at radius 2 is 2.19 bits per heavy atom. The Morgan fingerprint density at radius 3 is 2.89 bits per heavy atom. The number of nitriles is 1. The van der Waals surface area contributed by atoms with E-state index in [1.807, 2.05) is 31.3 Å². The van der Waals surface area contributed by atoms with Crippen LogP contribution in [-0.4, -0.2) is 11.5 Å². The molecule has 0 aliphatic heterocycles. The fraction of sp³-hybridized carbons (Fsp3) is 0.455. The molecule has 0 bridgehead atoms. The molecule has 1 saturated carbocycles. The van der Waals surface area contributed by atoms with E-state index in [0.29, 0.717) is 5.92 Å². The average molecular weight is 383 g/mol. The monoisotopic (exact) mass is 382 g/mol. The van der Waals surface area contributed by atoms with Crippen LogP contribution in [0.25, 0.3) is 0 Å². The molecule has 27 heavy (non-hydrogen) atoms. The molecule has 0 saturated heterocycles. The predicted octanol–water partition coefficient (Wildman–Crippen LogP) is 5.69. The van der Waals surface area contributed by atoms with Crippen LogP contribution < -0.4 is 10.6 Å². The minimum Gasteiger partial charge on any atom is -0.340 e. The minimum atomic E-state index is 0.0825. The van der Waals surface area contributed by atoms with Gasteiger partial charge in [-0.2, -0.15) is 5.26 Å². The van der Waals surface area contributed by atoms with Crippen LogP contribution in [0.4, 0.5) is 11.5 Å². The SMILES string of the molecule is CCCC(C#N)CNCc1cnc(Nc2cccc(Cl)c2C)cc1C1CC1. The van der Waals surface area contributed by atoms with Crippen molar-refractivity contribution >= 4 is 23.1 Å². The molecule has 142 valence electrons. The Kier molecular flexibility index (Phi) is 6.71. The van der Waals surface area contributed by atoms with Gasteiger partial charge in [0.15, 0.2) is 0 Å². The largest absolute Gasteiger partial charge is 0.340 e. The van der Waals surface area contributed by atoms with Crippen molar-refractivity contribution in [3.8, 4) is 6.07 Å². The van der Waals surface area contributed by atoms with Crippen LogP contribution in [0, 0.1) is 24.2 Å². The predicted molar refractivity (Wildman–Crippen MR) is 111 cm³/mol. The Balaban J connectivity index is 1.70.